The number of nitrogens with one attached hydrogen (secondary N) is 1. The summed E-state index contributed by atoms with van der Waals surface area (Å²) < 4.78 is 23.5. The first-order valence-corrected chi connectivity index (χ1v) is 12.2. The van der Waals surface area contributed by atoms with Crippen molar-refractivity contribution in [2.75, 3.05) is 36.0 Å². The van der Waals surface area contributed by atoms with Gasteiger partial charge in [0.15, 0.2) is 15.8 Å². The maximum atomic E-state index is 11.8. The van der Waals surface area contributed by atoms with Crippen LogP contribution < -0.4 is 10.2 Å². The molecular formula is C21H31N3O2S. The first-order valence-electron chi connectivity index (χ1n) is 10.4. The first-order chi connectivity index (χ1) is 13.0. The van der Waals surface area contributed by atoms with E-state index in [0.29, 0.717) is 12.3 Å². The zero-order valence-electron chi connectivity index (χ0n) is 16.3. The van der Waals surface area contributed by atoms with Gasteiger partial charge in [-0.2, -0.15) is 0 Å². The van der Waals surface area contributed by atoms with Gasteiger partial charge in [0.2, 0.25) is 0 Å². The molecular weight excluding hydrogens is 358 g/mol. The van der Waals surface area contributed by atoms with E-state index in [2.05, 4.69) is 41.4 Å². The summed E-state index contributed by atoms with van der Waals surface area (Å²) in [5, 5.41) is 3.53. The van der Waals surface area contributed by atoms with Crippen molar-refractivity contribution in [3.05, 3.63) is 29.8 Å². The Balaban J connectivity index is 1.60. The van der Waals surface area contributed by atoms with Crippen LogP contribution in [0.4, 0.5) is 5.69 Å². The van der Waals surface area contributed by atoms with Crippen molar-refractivity contribution in [2.24, 2.45) is 10.9 Å². The predicted molar refractivity (Wildman–Crippen MR) is 111 cm³/mol. The normalized spacial score (nSPS) is 25.9. The second-order valence-electron chi connectivity index (χ2n) is 8.45. The topological polar surface area (TPSA) is 61.8 Å². The maximum Gasteiger partial charge on any atom is 0.198 e. The van der Waals surface area contributed by atoms with Gasteiger partial charge in [-0.05, 0) is 43.2 Å². The lowest BCUT2D eigenvalue weighted by atomic mass is 9.81. The molecule has 4 rings (SSSR count). The molecule has 27 heavy (non-hydrogen) atoms. The van der Waals surface area contributed by atoms with Gasteiger partial charge in [-0.15, -0.1) is 0 Å². The van der Waals surface area contributed by atoms with E-state index < -0.39 is 9.84 Å². The van der Waals surface area contributed by atoms with Crippen LogP contribution >= 0.6 is 0 Å². The Morgan fingerprint density at radius 2 is 2.07 bits per heavy atom. The van der Waals surface area contributed by atoms with Crippen LogP contribution in [0.15, 0.2) is 29.3 Å². The number of benzene rings is 1. The number of sulfone groups is 1. The van der Waals surface area contributed by atoms with Gasteiger partial charge >= 0.3 is 0 Å². The van der Waals surface area contributed by atoms with Gasteiger partial charge in [0, 0.05) is 30.7 Å². The fraction of sp³-hybridized carbons (Fsp3) is 0.667. The summed E-state index contributed by atoms with van der Waals surface area (Å²) in [5.74, 6) is 1.70. The van der Waals surface area contributed by atoms with Crippen LogP contribution in [0.5, 0.6) is 0 Å². The minimum atomic E-state index is -2.85. The molecule has 148 valence electrons. The highest BCUT2D eigenvalue weighted by Gasteiger charge is 2.45. The van der Waals surface area contributed by atoms with Crippen LogP contribution in [-0.4, -0.2) is 45.5 Å². The van der Waals surface area contributed by atoms with Gasteiger partial charge in [0.05, 0.1) is 11.5 Å². The summed E-state index contributed by atoms with van der Waals surface area (Å²) in [6.07, 6.45) is 6.89. The van der Waals surface area contributed by atoms with E-state index in [1.807, 2.05) is 0 Å². The summed E-state index contributed by atoms with van der Waals surface area (Å²) in [5.41, 5.74) is 3.01. The molecule has 1 spiro atoms. The number of guanidine groups is 1. The molecule has 5 nitrogen and oxygen atoms in total. The van der Waals surface area contributed by atoms with Gasteiger partial charge in [0.25, 0.3) is 0 Å². The number of para-hydroxylation sites is 1. The molecule has 1 N–H and O–H groups in total. The highest BCUT2D eigenvalue weighted by atomic mass is 32.2. The SMILES string of the molecule is CCCNC(=NCC1CCS(=O)(=O)C1)N1CC2(CCCC2)c2ccccc21. The van der Waals surface area contributed by atoms with E-state index in [-0.39, 0.29) is 17.1 Å². The standard InChI is InChI=1S/C21H31N3O2S/c1-2-12-22-20(23-14-17-9-13-27(25,26)15-17)24-16-21(10-5-6-11-21)18-7-3-4-8-19(18)24/h3-4,7-8,17H,2,5-6,9-16H2,1H3,(H,22,23). The molecule has 6 heteroatoms. The maximum absolute atomic E-state index is 11.8. The van der Waals surface area contributed by atoms with E-state index in [1.165, 1.54) is 36.9 Å². The van der Waals surface area contributed by atoms with Gasteiger partial charge in [-0.3, -0.25) is 4.99 Å². The Labute approximate surface area is 163 Å². The van der Waals surface area contributed by atoms with E-state index >= 15 is 0 Å². The van der Waals surface area contributed by atoms with Crippen LogP contribution in [0.1, 0.15) is 51.0 Å². The van der Waals surface area contributed by atoms with Gasteiger partial charge in [-0.1, -0.05) is 38.0 Å². The van der Waals surface area contributed by atoms with Crippen LogP contribution in [0.25, 0.3) is 0 Å². The number of nitrogens with zero attached hydrogens (tertiary/aromatic N) is 2. The molecule has 0 aromatic heterocycles. The quantitative estimate of drug-likeness (QED) is 0.635. The van der Waals surface area contributed by atoms with Gasteiger partial charge in [0.1, 0.15) is 0 Å². The molecule has 0 radical (unpaired) electrons. The summed E-state index contributed by atoms with van der Waals surface area (Å²) in [6.45, 7) is 4.62. The third-order valence-electron chi connectivity index (χ3n) is 6.40. The van der Waals surface area contributed by atoms with Crippen molar-refractivity contribution < 1.29 is 8.42 Å². The number of hydrogen-bond donors (Lipinski definition) is 1. The van der Waals surface area contributed by atoms with Crippen LogP contribution in [0.3, 0.4) is 0 Å². The largest absolute Gasteiger partial charge is 0.356 e. The van der Waals surface area contributed by atoms with Crippen molar-refractivity contribution in [3.63, 3.8) is 0 Å². The zero-order chi connectivity index (χ0) is 18.9. The molecule has 0 amide bonds. The van der Waals surface area contributed by atoms with Crippen LogP contribution in [0.2, 0.25) is 0 Å². The minimum absolute atomic E-state index is 0.159. The van der Waals surface area contributed by atoms with Crippen molar-refractivity contribution in [1.82, 2.24) is 5.32 Å². The fourth-order valence-corrected chi connectivity index (χ4v) is 6.85. The molecule has 1 aromatic rings. The second kappa shape index (κ2) is 7.46. The Kier molecular flexibility index (Phi) is 5.19. The van der Waals surface area contributed by atoms with Crippen molar-refractivity contribution in [1.29, 1.82) is 0 Å². The van der Waals surface area contributed by atoms with E-state index in [1.54, 1.807) is 0 Å². The summed E-state index contributed by atoms with van der Waals surface area (Å²) in [6, 6.07) is 8.77. The van der Waals surface area contributed by atoms with Crippen molar-refractivity contribution >= 4 is 21.5 Å². The molecule has 0 bridgehead atoms. The Hall–Kier alpha value is -1.56. The Bertz CT molecular complexity index is 812. The van der Waals surface area contributed by atoms with Crippen molar-refractivity contribution in [2.45, 2.75) is 50.9 Å². The lowest BCUT2D eigenvalue weighted by Gasteiger charge is -2.27. The first kappa shape index (κ1) is 18.8. The summed E-state index contributed by atoms with van der Waals surface area (Å²) >= 11 is 0. The molecule has 1 saturated heterocycles. The second-order valence-corrected chi connectivity index (χ2v) is 10.7. The molecule has 2 aliphatic heterocycles. The predicted octanol–water partition coefficient (Wildman–Crippen LogP) is 3.11. The molecule has 2 fully saturated rings. The van der Waals surface area contributed by atoms with Crippen molar-refractivity contribution in [3.8, 4) is 0 Å². The summed E-state index contributed by atoms with van der Waals surface area (Å²) in [4.78, 5) is 7.27. The third-order valence-corrected chi connectivity index (χ3v) is 8.24. The average Bonchev–Trinajstić information content (AvgIpc) is 3.35. The molecule has 1 unspecified atom stereocenters. The number of fused-ring (bicyclic) bond motifs is 2. The van der Waals surface area contributed by atoms with E-state index in [0.717, 1.165) is 31.9 Å². The molecule has 1 aromatic carbocycles. The monoisotopic (exact) mass is 389 g/mol. The molecule has 1 atom stereocenters. The average molecular weight is 390 g/mol. The number of rotatable bonds is 4. The lowest BCUT2D eigenvalue weighted by Crippen LogP contribution is -2.44. The number of hydrogen-bond acceptors (Lipinski definition) is 3. The number of aliphatic imine (C=N–C) groups is 1. The molecule has 1 aliphatic carbocycles. The molecule has 3 aliphatic rings. The molecule has 2 heterocycles. The Morgan fingerprint density at radius 1 is 1.30 bits per heavy atom. The van der Waals surface area contributed by atoms with E-state index in [9.17, 15) is 8.42 Å². The number of anilines is 1. The van der Waals surface area contributed by atoms with Gasteiger partial charge < -0.3 is 10.2 Å². The fourth-order valence-electron chi connectivity index (χ4n) is 5.00. The lowest BCUT2D eigenvalue weighted by molar-refractivity contribution is 0.477. The third kappa shape index (κ3) is 3.73. The summed E-state index contributed by atoms with van der Waals surface area (Å²) in [7, 11) is -2.85. The zero-order valence-corrected chi connectivity index (χ0v) is 17.1. The molecule has 1 saturated carbocycles. The van der Waals surface area contributed by atoms with Crippen LogP contribution in [0, 0.1) is 5.92 Å². The van der Waals surface area contributed by atoms with E-state index in [4.69, 9.17) is 4.99 Å². The highest BCUT2D eigenvalue weighted by Crippen LogP contribution is 2.50. The highest BCUT2D eigenvalue weighted by molar-refractivity contribution is 7.91. The smallest absolute Gasteiger partial charge is 0.198 e. The van der Waals surface area contributed by atoms with Gasteiger partial charge in [-0.25, -0.2) is 8.42 Å². The van der Waals surface area contributed by atoms with Crippen LogP contribution in [-0.2, 0) is 15.3 Å². The Morgan fingerprint density at radius 3 is 2.78 bits per heavy atom. The minimum Gasteiger partial charge on any atom is -0.356 e.